The Labute approximate surface area is 125 Å². The van der Waals surface area contributed by atoms with Crippen molar-refractivity contribution >= 4 is 11.4 Å². The van der Waals surface area contributed by atoms with Crippen LogP contribution in [0, 0.1) is 0 Å². The van der Waals surface area contributed by atoms with Crippen molar-refractivity contribution in [1.29, 1.82) is 0 Å². The first-order valence-corrected chi connectivity index (χ1v) is 7.10. The molecule has 4 heteroatoms. The molecule has 0 atom stereocenters. The molecule has 0 aliphatic rings. The van der Waals surface area contributed by atoms with Crippen LogP contribution in [0.5, 0.6) is 11.5 Å². The summed E-state index contributed by atoms with van der Waals surface area (Å²) in [6.07, 6.45) is 1.71. The van der Waals surface area contributed by atoms with Crippen LogP contribution in [0.25, 0.3) is 0 Å². The zero-order valence-electron chi connectivity index (χ0n) is 12.5. The lowest BCUT2D eigenvalue weighted by molar-refractivity contribution is -0.104. The van der Waals surface area contributed by atoms with Crippen molar-refractivity contribution in [3.05, 3.63) is 48.5 Å². The van der Waals surface area contributed by atoms with Gasteiger partial charge in [-0.15, -0.1) is 0 Å². The molecular weight excluding hydrogens is 264 g/mol. The number of rotatable bonds is 6. The summed E-state index contributed by atoms with van der Waals surface area (Å²) >= 11 is 0. The number of nitrogens with two attached hydrogens (primary N) is 2. The Hall–Kier alpha value is -2.36. The topological polar surface area (TPSA) is 70.5 Å². The summed E-state index contributed by atoms with van der Waals surface area (Å²) in [6, 6.07) is 14.6. The number of hydrogen-bond donors (Lipinski definition) is 2. The van der Waals surface area contributed by atoms with Crippen LogP contribution in [0.2, 0.25) is 0 Å². The van der Waals surface area contributed by atoms with E-state index in [1.807, 2.05) is 55.5 Å². The van der Waals surface area contributed by atoms with Crippen LogP contribution in [0.4, 0.5) is 11.4 Å². The molecule has 0 saturated heterocycles. The fourth-order valence-corrected chi connectivity index (χ4v) is 2.15. The average Bonchev–Trinajstić information content (AvgIpc) is 2.44. The second-order valence-electron chi connectivity index (χ2n) is 5.23. The minimum atomic E-state index is -0.735. The van der Waals surface area contributed by atoms with E-state index in [1.165, 1.54) is 0 Å². The Morgan fingerprint density at radius 3 is 1.52 bits per heavy atom. The first-order valence-electron chi connectivity index (χ1n) is 7.10. The zero-order valence-corrected chi connectivity index (χ0v) is 12.5. The number of benzene rings is 2. The minimum absolute atomic E-state index is 0.707. The minimum Gasteiger partial charge on any atom is -0.453 e. The third-order valence-electron chi connectivity index (χ3n) is 3.13. The Kier molecular flexibility index (Phi) is 4.58. The molecular formula is C17H22N2O2. The Morgan fingerprint density at radius 2 is 1.19 bits per heavy atom. The van der Waals surface area contributed by atoms with E-state index >= 15 is 0 Å². The van der Waals surface area contributed by atoms with Crippen molar-refractivity contribution in [1.82, 2.24) is 0 Å². The monoisotopic (exact) mass is 286 g/mol. The van der Waals surface area contributed by atoms with Crippen molar-refractivity contribution in [3.63, 3.8) is 0 Å². The maximum atomic E-state index is 6.02. The van der Waals surface area contributed by atoms with Gasteiger partial charge in [-0.3, -0.25) is 0 Å². The Morgan fingerprint density at radius 1 is 0.810 bits per heavy atom. The number of anilines is 2. The van der Waals surface area contributed by atoms with Gasteiger partial charge in [-0.05, 0) is 55.0 Å². The van der Waals surface area contributed by atoms with Crippen LogP contribution in [0.15, 0.2) is 48.5 Å². The molecule has 0 aliphatic carbocycles. The van der Waals surface area contributed by atoms with Crippen LogP contribution >= 0.6 is 0 Å². The normalized spacial score (nSPS) is 11.1. The van der Waals surface area contributed by atoms with Crippen molar-refractivity contribution < 1.29 is 9.47 Å². The van der Waals surface area contributed by atoms with Gasteiger partial charge in [0.2, 0.25) is 5.79 Å². The summed E-state index contributed by atoms with van der Waals surface area (Å²) in [5, 5.41) is 0. The van der Waals surface area contributed by atoms with E-state index in [0.29, 0.717) is 11.4 Å². The molecule has 0 saturated carbocycles. The first kappa shape index (κ1) is 15.0. The summed E-state index contributed by atoms with van der Waals surface area (Å²) in [5.74, 6) is 0.729. The second-order valence-corrected chi connectivity index (χ2v) is 5.23. The molecule has 2 aromatic carbocycles. The van der Waals surface area contributed by atoms with Crippen molar-refractivity contribution in [2.24, 2.45) is 0 Å². The molecule has 0 amide bonds. The molecule has 0 spiro atoms. The van der Waals surface area contributed by atoms with Crippen molar-refractivity contribution in [2.75, 3.05) is 11.5 Å². The summed E-state index contributed by atoms with van der Waals surface area (Å²) in [6.45, 7) is 4.03. The van der Waals surface area contributed by atoms with Gasteiger partial charge in [-0.2, -0.15) is 0 Å². The van der Waals surface area contributed by atoms with Gasteiger partial charge < -0.3 is 20.9 Å². The lowest BCUT2D eigenvalue weighted by atomic mass is 10.1. The van der Waals surface area contributed by atoms with Gasteiger partial charge in [0.25, 0.3) is 0 Å². The molecule has 0 aliphatic heterocycles. The molecule has 2 aromatic rings. The van der Waals surface area contributed by atoms with Gasteiger partial charge in [-0.1, -0.05) is 6.92 Å². The van der Waals surface area contributed by atoms with Gasteiger partial charge >= 0.3 is 0 Å². The van der Waals surface area contributed by atoms with Gasteiger partial charge in [0, 0.05) is 24.7 Å². The standard InChI is InChI=1S/C17H22N2O2/c1-3-12-17(2,20-15-8-4-13(18)5-9-15)21-16-10-6-14(19)7-11-16/h4-11H,3,12,18-19H2,1-2H3. The second kappa shape index (κ2) is 6.39. The van der Waals surface area contributed by atoms with E-state index in [4.69, 9.17) is 20.9 Å². The molecule has 0 aromatic heterocycles. The predicted octanol–water partition coefficient (Wildman–Crippen LogP) is 3.83. The predicted molar refractivity (Wildman–Crippen MR) is 86.3 cm³/mol. The number of nitrogen functional groups attached to an aromatic ring is 2. The molecule has 4 N–H and O–H groups in total. The van der Waals surface area contributed by atoms with Gasteiger partial charge in [-0.25, -0.2) is 0 Å². The quantitative estimate of drug-likeness (QED) is 0.625. The molecule has 112 valence electrons. The maximum Gasteiger partial charge on any atom is 0.248 e. The van der Waals surface area contributed by atoms with E-state index in [-0.39, 0.29) is 0 Å². The summed E-state index contributed by atoms with van der Waals surface area (Å²) in [5.41, 5.74) is 12.8. The highest BCUT2D eigenvalue weighted by atomic mass is 16.7. The Bertz CT molecular complexity index is 517. The lowest BCUT2D eigenvalue weighted by Crippen LogP contribution is -2.39. The number of ether oxygens (including phenoxy) is 2. The van der Waals surface area contributed by atoms with Gasteiger partial charge in [0.05, 0.1) is 0 Å². The van der Waals surface area contributed by atoms with Crippen LogP contribution in [0.1, 0.15) is 26.7 Å². The highest BCUT2D eigenvalue weighted by molar-refractivity contribution is 5.42. The van der Waals surface area contributed by atoms with E-state index in [1.54, 1.807) is 0 Å². The molecule has 0 heterocycles. The first-order chi connectivity index (χ1) is 10.0. The fraction of sp³-hybridized carbons (Fsp3) is 0.294. The van der Waals surface area contributed by atoms with Crippen molar-refractivity contribution in [2.45, 2.75) is 32.5 Å². The largest absolute Gasteiger partial charge is 0.453 e. The molecule has 0 unspecified atom stereocenters. The highest BCUT2D eigenvalue weighted by Gasteiger charge is 2.27. The molecule has 0 fully saturated rings. The third kappa shape index (κ3) is 4.31. The van der Waals surface area contributed by atoms with Gasteiger partial charge in [0.15, 0.2) is 0 Å². The fourth-order valence-electron chi connectivity index (χ4n) is 2.15. The van der Waals surface area contributed by atoms with Crippen LogP contribution in [0.3, 0.4) is 0 Å². The SMILES string of the molecule is CCCC(C)(Oc1ccc(N)cc1)Oc1ccc(N)cc1. The lowest BCUT2D eigenvalue weighted by Gasteiger charge is -2.31. The average molecular weight is 286 g/mol. The molecule has 21 heavy (non-hydrogen) atoms. The van der Waals surface area contributed by atoms with E-state index in [0.717, 1.165) is 24.3 Å². The zero-order chi connectivity index (χ0) is 15.3. The summed E-state index contributed by atoms with van der Waals surface area (Å²) in [7, 11) is 0. The van der Waals surface area contributed by atoms with Crippen LogP contribution in [-0.4, -0.2) is 5.79 Å². The van der Waals surface area contributed by atoms with Crippen LogP contribution in [-0.2, 0) is 0 Å². The molecule has 4 nitrogen and oxygen atoms in total. The smallest absolute Gasteiger partial charge is 0.248 e. The van der Waals surface area contributed by atoms with E-state index < -0.39 is 5.79 Å². The maximum absolute atomic E-state index is 6.02. The van der Waals surface area contributed by atoms with Gasteiger partial charge in [0.1, 0.15) is 11.5 Å². The van der Waals surface area contributed by atoms with E-state index in [9.17, 15) is 0 Å². The summed E-state index contributed by atoms with van der Waals surface area (Å²) < 4.78 is 12.0. The van der Waals surface area contributed by atoms with Crippen LogP contribution < -0.4 is 20.9 Å². The molecule has 2 rings (SSSR count). The number of hydrogen-bond acceptors (Lipinski definition) is 4. The molecule has 0 bridgehead atoms. The summed E-state index contributed by atoms with van der Waals surface area (Å²) in [4.78, 5) is 0. The molecule has 0 radical (unpaired) electrons. The third-order valence-corrected chi connectivity index (χ3v) is 3.13. The highest BCUT2D eigenvalue weighted by Crippen LogP contribution is 2.27. The van der Waals surface area contributed by atoms with Crippen molar-refractivity contribution in [3.8, 4) is 11.5 Å². The van der Waals surface area contributed by atoms with E-state index in [2.05, 4.69) is 6.92 Å². The Balaban J connectivity index is 2.14.